The highest BCUT2D eigenvalue weighted by Gasteiger charge is 2.20. The lowest BCUT2D eigenvalue weighted by Gasteiger charge is -2.10. The normalized spacial score (nSPS) is 15.7. The van der Waals surface area contributed by atoms with Crippen LogP contribution in [0.15, 0.2) is 71.6 Å². The first kappa shape index (κ1) is 25.7. The van der Waals surface area contributed by atoms with E-state index in [2.05, 4.69) is 15.7 Å². The molecule has 37 heavy (non-hydrogen) atoms. The predicted octanol–water partition coefficient (Wildman–Crippen LogP) is 5.20. The number of hydrogen-bond donors (Lipinski definition) is 2. The Kier molecular flexibility index (Phi) is 7.48. The summed E-state index contributed by atoms with van der Waals surface area (Å²) in [6.45, 7) is 1.61. The Morgan fingerprint density at radius 2 is 1.95 bits per heavy atom. The summed E-state index contributed by atoms with van der Waals surface area (Å²) in [5.74, 6) is -0.234. The standard InChI is InChI=1S/C27H27ClN4O3S2/c1-37(34,35)20-8-4-6-18(16-20)25-11-12-26(36-25)24-17-22(27(33)30-15-13-19-7-5-14-29-19)31-32(24)23-10-3-2-9-21(23)28/h2-4,6,8-12,16-17,19,29H,5,7,13-15H2,1H3,(H,30,33). The highest BCUT2D eigenvalue weighted by Crippen LogP contribution is 2.37. The summed E-state index contributed by atoms with van der Waals surface area (Å²) >= 11 is 8.00. The molecule has 192 valence electrons. The Hall–Kier alpha value is -2.98. The van der Waals surface area contributed by atoms with Crippen molar-refractivity contribution < 1.29 is 13.2 Å². The topological polar surface area (TPSA) is 93.1 Å². The number of sulfone groups is 1. The van der Waals surface area contributed by atoms with Crippen LogP contribution in [-0.4, -0.2) is 49.5 Å². The number of nitrogens with zero attached hydrogens (tertiary/aromatic N) is 2. The van der Waals surface area contributed by atoms with Crippen LogP contribution in [0.5, 0.6) is 0 Å². The smallest absolute Gasteiger partial charge is 0.271 e. The molecule has 1 atom stereocenters. The molecule has 1 unspecified atom stereocenters. The van der Waals surface area contributed by atoms with Crippen LogP contribution < -0.4 is 10.6 Å². The number of hydrogen-bond acceptors (Lipinski definition) is 6. The Bertz CT molecular complexity index is 1540. The van der Waals surface area contributed by atoms with Crippen molar-refractivity contribution in [3.05, 3.63) is 77.4 Å². The van der Waals surface area contributed by atoms with Crippen LogP contribution in [0, 0.1) is 0 Å². The van der Waals surface area contributed by atoms with Crippen LogP contribution in [0.1, 0.15) is 29.8 Å². The van der Waals surface area contributed by atoms with Crippen LogP contribution in [0.3, 0.4) is 0 Å². The molecule has 0 aliphatic carbocycles. The zero-order chi connectivity index (χ0) is 26.0. The molecule has 5 rings (SSSR count). The molecule has 1 amide bonds. The van der Waals surface area contributed by atoms with Gasteiger partial charge in [-0.1, -0.05) is 35.9 Å². The zero-order valence-corrected chi connectivity index (χ0v) is 22.7. The third-order valence-corrected chi connectivity index (χ3v) is 8.96. The summed E-state index contributed by atoms with van der Waals surface area (Å²) in [4.78, 5) is 15.0. The molecule has 2 N–H and O–H groups in total. The first-order valence-electron chi connectivity index (χ1n) is 12.1. The second-order valence-electron chi connectivity index (χ2n) is 9.08. The summed E-state index contributed by atoms with van der Waals surface area (Å²) in [6.07, 6.45) is 4.39. The minimum atomic E-state index is -3.32. The van der Waals surface area contributed by atoms with Gasteiger partial charge in [0.05, 0.1) is 26.2 Å². The van der Waals surface area contributed by atoms with Crippen molar-refractivity contribution in [3.63, 3.8) is 0 Å². The van der Waals surface area contributed by atoms with E-state index in [1.807, 2.05) is 36.4 Å². The summed E-state index contributed by atoms with van der Waals surface area (Å²) in [5.41, 5.74) is 2.51. The maximum atomic E-state index is 13.0. The van der Waals surface area contributed by atoms with Gasteiger partial charge in [-0.05, 0) is 73.8 Å². The van der Waals surface area contributed by atoms with E-state index in [4.69, 9.17) is 11.6 Å². The van der Waals surface area contributed by atoms with Gasteiger partial charge in [-0.15, -0.1) is 11.3 Å². The molecule has 3 heterocycles. The van der Waals surface area contributed by atoms with E-state index in [1.165, 1.54) is 24.0 Å². The Labute approximate surface area is 225 Å². The van der Waals surface area contributed by atoms with Crippen LogP contribution >= 0.6 is 22.9 Å². The molecule has 0 saturated carbocycles. The molecular formula is C27H27ClN4O3S2. The Morgan fingerprint density at radius 3 is 2.70 bits per heavy atom. The largest absolute Gasteiger partial charge is 0.351 e. The average molecular weight is 555 g/mol. The van der Waals surface area contributed by atoms with Gasteiger partial charge in [0.15, 0.2) is 15.5 Å². The lowest BCUT2D eigenvalue weighted by Crippen LogP contribution is -2.30. The van der Waals surface area contributed by atoms with Gasteiger partial charge < -0.3 is 10.6 Å². The van der Waals surface area contributed by atoms with Crippen LogP contribution in [0.2, 0.25) is 5.02 Å². The molecule has 2 aromatic heterocycles. The van der Waals surface area contributed by atoms with Gasteiger partial charge in [-0.3, -0.25) is 4.79 Å². The van der Waals surface area contributed by atoms with Gasteiger partial charge in [0.25, 0.3) is 5.91 Å². The van der Waals surface area contributed by atoms with E-state index in [9.17, 15) is 13.2 Å². The molecule has 1 aliphatic heterocycles. The molecule has 2 aromatic carbocycles. The molecule has 1 aliphatic rings. The van der Waals surface area contributed by atoms with E-state index in [0.29, 0.717) is 29.0 Å². The number of carbonyl (C=O) groups is 1. The maximum absolute atomic E-state index is 13.0. The first-order valence-corrected chi connectivity index (χ1v) is 15.2. The number of aromatic nitrogens is 2. The first-order chi connectivity index (χ1) is 17.8. The SMILES string of the molecule is CS(=O)(=O)c1cccc(-c2ccc(-c3cc(C(=O)NCCC4CCCN4)nn3-c3ccccc3Cl)s2)c1. The number of para-hydroxylation sites is 1. The Morgan fingerprint density at radius 1 is 1.14 bits per heavy atom. The number of carbonyl (C=O) groups excluding carboxylic acids is 1. The quantitative estimate of drug-likeness (QED) is 0.312. The van der Waals surface area contributed by atoms with Crippen molar-refractivity contribution in [1.82, 2.24) is 20.4 Å². The second kappa shape index (κ2) is 10.8. The van der Waals surface area contributed by atoms with E-state index in [0.717, 1.165) is 40.4 Å². The van der Waals surface area contributed by atoms with Crippen molar-refractivity contribution >= 4 is 38.7 Å². The third kappa shape index (κ3) is 5.80. The van der Waals surface area contributed by atoms with Crippen molar-refractivity contribution in [3.8, 4) is 26.7 Å². The zero-order valence-electron chi connectivity index (χ0n) is 20.3. The van der Waals surface area contributed by atoms with Gasteiger partial charge in [-0.2, -0.15) is 5.10 Å². The lowest BCUT2D eigenvalue weighted by molar-refractivity contribution is 0.0947. The van der Waals surface area contributed by atoms with Gasteiger partial charge in [0.1, 0.15) is 0 Å². The lowest BCUT2D eigenvalue weighted by atomic mass is 10.1. The van der Waals surface area contributed by atoms with E-state index >= 15 is 0 Å². The van der Waals surface area contributed by atoms with Crippen molar-refractivity contribution in [2.24, 2.45) is 0 Å². The molecule has 4 aromatic rings. The second-order valence-corrected chi connectivity index (χ2v) is 12.6. The number of amides is 1. The molecule has 0 spiro atoms. The minimum Gasteiger partial charge on any atom is -0.351 e. The van der Waals surface area contributed by atoms with Gasteiger partial charge in [-0.25, -0.2) is 13.1 Å². The fourth-order valence-corrected chi connectivity index (χ4v) is 6.33. The highest BCUT2D eigenvalue weighted by atomic mass is 35.5. The minimum absolute atomic E-state index is 0.234. The average Bonchev–Trinajstić information content (AvgIpc) is 3.64. The highest BCUT2D eigenvalue weighted by molar-refractivity contribution is 7.90. The maximum Gasteiger partial charge on any atom is 0.271 e. The van der Waals surface area contributed by atoms with Crippen molar-refractivity contribution in [2.45, 2.75) is 30.2 Å². The monoisotopic (exact) mass is 554 g/mol. The molecular weight excluding hydrogens is 528 g/mol. The van der Waals surface area contributed by atoms with Crippen molar-refractivity contribution in [1.29, 1.82) is 0 Å². The van der Waals surface area contributed by atoms with Gasteiger partial charge in [0, 0.05) is 23.7 Å². The summed E-state index contributed by atoms with van der Waals surface area (Å²) in [7, 11) is -3.32. The summed E-state index contributed by atoms with van der Waals surface area (Å²) in [5, 5.41) is 11.6. The van der Waals surface area contributed by atoms with E-state index < -0.39 is 9.84 Å². The number of rotatable bonds is 8. The summed E-state index contributed by atoms with van der Waals surface area (Å²) < 4.78 is 25.8. The number of thiophene rings is 1. The predicted molar refractivity (Wildman–Crippen MR) is 148 cm³/mol. The molecule has 0 bridgehead atoms. The number of halogens is 1. The molecule has 1 fully saturated rings. The molecule has 1 saturated heterocycles. The Balaban J connectivity index is 1.47. The third-order valence-electron chi connectivity index (χ3n) is 6.37. The number of benzene rings is 2. The van der Waals surface area contributed by atoms with Crippen LogP contribution in [-0.2, 0) is 9.84 Å². The van der Waals surface area contributed by atoms with Crippen molar-refractivity contribution in [2.75, 3.05) is 19.3 Å². The van der Waals surface area contributed by atoms with E-state index in [1.54, 1.807) is 35.0 Å². The molecule has 10 heteroatoms. The fraction of sp³-hybridized carbons (Fsp3) is 0.259. The van der Waals surface area contributed by atoms with Crippen LogP contribution in [0.4, 0.5) is 0 Å². The van der Waals surface area contributed by atoms with Gasteiger partial charge in [0.2, 0.25) is 0 Å². The summed E-state index contributed by atoms with van der Waals surface area (Å²) in [6, 6.07) is 20.4. The van der Waals surface area contributed by atoms with Crippen LogP contribution in [0.25, 0.3) is 26.7 Å². The molecule has 7 nitrogen and oxygen atoms in total. The van der Waals surface area contributed by atoms with Gasteiger partial charge >= 0.3 is 0 Å². The van der Waals surface area contributed by atoms with E-state index in [-0.39, 0.29) is 10.8 Å². The number of nitrogens with one attached hydrogen (secondary N) is 2. The molecule has 0 radical (unpaired) electrons. The fourth-order valence-electron chi connectivity index (χ4n) is 4.44.